The number of nitrogens with two attached hydrogens (primary N) is 1. The van der Waals surface area contributed by atoms with Crippen LogP contribution in [0.1, 0.15) is 26.7 Å². The quantitative estimate of drug-likeness (QED) is 0.575. The van der Waals surface area contributed by atoms with Crippen LogP contribution in [-0.2, 0) is 9.59 Å². The Labute approximate surface area is 183 Å². The molecule has 2 fully saturated rings. The van der Waals surface area contributed by atoms with Gasteiger partial charge in [-0.3, -0.25) is 9.59 Å². The molecule has 1 saturated heterocycles. The van der Waals surface area contributed by atoms with Gasteiger partial charge in [0.2, 0.25) is 16.9 Å². The van der Waals surface area contributed by atoms with Crippen LogP contribution in [0, 0.1) is 11.8 Å². The van der Waals surface area contributed by atoms with Crippen LogP contribution in [0.25, 0.3) is 10.6 Å². The maximum absolute atomic E-state index is 11.5. The minimum Gasteiger partial charge on any atom is -0.373 e. The summed E-state index contributed by atoms with van der Waals surface area (Å²) < 4.78 is 0. The van der Waals surface area contributed by atoms with E-state index in [-0.39, 0.29) is 11.9 Å². The van der Waals surface area contributed by atoms with Crippen molar-refractivity contribution < 1.29 is 9.59 Å². The molecule has 30 heavy (non-hydrogen) atoms. The summed E-state index contributed by atoms with van der Waals surface area (Å²) in [5.74, 6) is 0.407. The van der Waals surface area contributed by atoms with Gasteiger partial charge in [0.1, 0.15) is 11.2 Å². The van der Waals surface area contributed by atoms with Crippen LogP contribution in [0.4, 0.5) is 10.8 Å². The molecular formula is C19H24ClN7O2S. The van der Waals surface area contributed by atoms with Crippen molar-refractivity contribution in [2.75, 3.05) is 23.3 Å². The summed E-state index contributed by atoms with van der Waals surface area (Å²) in [6, 6.07) is 1.33. The second-order valence-electron chi connectivity index (χ2n) is 7.94. The summed E-state index contributed by atoms with van der Waals surface area (Å²) >= 11 is 7.52. The zero-order chi connectivity index (χ0) is 21.4. The second kappa shape index (κ2) is 8.35. The van der Waals surface area contributed by atoms with Crippen molar-refractivity contribution in [1.82, 2.24) is 20.5 Å². The van der Waals surface area contributed by atoms with Gasteiger partial charge in [0.05, 0.1) is 5.56 Å². The molecule has 0 aromatic carbocycles. The van der Waals surface area contributed by atoms with E-state index in [1.807, 2.05) is 0 Å². The predicted octanol–water partition coefficient (Wildman–Crippen LogP) is 1.89. The Balaban J connectivity index is 1.54. The van der Waals surface area contributed by atoms with E-state index in [4.69, 9.17) is 17.3 Å². The van der Waals surface area contributed by atoms with Crippen molar-refractivity contribution in [3.63, 3.8) is 0 Å². The molecule has 2 bridgehead atoms. The van der Waals surface area contributed by atoms with Gasteiger partial charge in [0, 0.05) is 37.9 Å². The molecule has 160 valence electrons. The average molecular weight is 450 g/mol. The van der Waals surface area contributed by atoms with E-state index in [0.717, 1.165) is 31.1 Å². The van der Waals surface area contributed by atoms with Gasteiger partial charge in [-0.15, -0.1) is 10.2 Å². The fraction of sp³-hybridized carbons (Fsp3) is 0.526. The molecule has 2 aliphatic rings. The molecule has 1 saturated carbocycles. The molecule has 4 atom stereocenters. The third-order valence-electron chi connectivity index (χ3n) is 5.79. The fourth-order valence-electron chi connectivity index (χ4n) is 4.33. The molecule has 0 spiro atoms. The number of rotatable bonds is 6. The molecule has 2 aromatic heterocycles. The van der Waals surface area contributed by atoms with Crippen molar-refractivity contribution in [2.45, 2.75) is 38.8 Å². The number of halogens is 1. The number of fused-ring (bicyclic) bond motifs is 2. The van der Waals surface area contributed by atoms with E-state index < -0.39 is 11.9 Å². The largest absolute Gasteiger partial charge is 0.373 e. The molecule has 4 N–H and O–H groups in total. The van der Waals surface area contributed by atoms with Crippen molar-refractivity contribution in [2.24, 2.45) is 17.6 Å². The second-order valence-corrected chi connectivity index (χ2v) is 9.28. The number of carbonyl (C=O) groups is 2. The Kier molecular flexibility index (Phi) is 5.79. The summed E-state index contributed by atoms with van der Waals surface area (Å²) in [7, 11) is 0. The number of primary amides is 1. The molecule has 11 heteroatoms. The molecule has 4 rings (SSSR count). The van der Waals surface area contributed by atoms with Crippen molar-refractivity contribution in [3.8, 4) is 10.6 Å². The van der Waals surface area contributed by atoms with E-state index in [1.54, 1.807) is 26.1 Å². The van der Waals surface area contributed by atoms with Gasteiger partial charge >= 0.3 is 0 Å². The minimum absolute atomic E-state index is 0.0315. The lowest BCUT2D eigenvalue weighted by Gasteiger charge is -2.37. The summed E-state index contributed by atoms with van der Waals surface area (Å²) in [6.45, 7) is 4.95. The number of amides is 2. The Bertz CT molecular complexity index is 954. The van der Waals surface area contributed by atoms with Crippen LogP contribution in [0.5, 0.6) is 0 Å². The number of nitrogens with one attached hydrogen (secondary N) is 2. The zero-order valence-corrected chi connectivity index (χ0v) is 18.3. The van der Waals surface area contributed by atoms with Crippen LogP contribution in [-0.4, -0.2) is 52.2 Å². The lowest BCUT2D eigenvalue weighted by atomic mass is 9.92. The molecule has 0 radical (unpaired) electrons. The number of anilines is 2. The van der Waals surface area contributed by atoms with Crippen LogP contribution in [0.15, 0.2) is 12.3 Å². The lowest BCUT2D eigenvalue weighted by molar-refractivity contribution is -0.120. The van der Waals surface area contributed by atoms with Gasteiger partial charge in [-0.25, -0.2) is 4.98 Å². The number of piperidine rings is 1. The topological polar surface area (TPSA) is 126 Å². The standard InChI is InChI=1S/C19H24ClN7O2S/c1-9(17(21)29)23-14-5-15(20)22-6-13(14)18-25-26-19(30-18)27-7-11-3-4-12(8-27)16(11)24-10(2)28/h5-6,9,11-12,16H,3-4,7-8H2,1-2H3,(H2,21,29)(H,22,23)(H,24,28)/t9-,11-,12+,16-/m1/s1. The first kappa shape index (κ1) is 20.8. The maximum atomic E-state index is 11.5. The summed E-state index contributed by atoms with van der Waals surface area (Å²) in [5, 5.41) is 16.8. The van der Waals surface area contributed by atoms with E-state index in [2.05, 4.69) is 30.7 Å². The van der Waals surface area contributed by atoms with E-state index in [1.165, 1.54) is 11.3 Å². The number of hydrogen-bond acceptors (Lipinski definition) is 8. The van der Waals surface area contributed by atoms with E-state index >= 15 is 0 Å². The number of aromatic nitrogens is 3. The number of carbonyl (C=O) groups excluding carboxylic acids is 2. The van der Waals surface area contributed by atoms with Gasteiger partial charge in [-0.05, 0) is 37.7 Å². The smallest absolute Gasteiger partial charge is 0.239 e. The summed E-state index contributed by atoms with van der Waals surface area (Å²) in [4.78, 5) is 29.4. The molecule has 9 nitrogen and oxygen atoms in total. The highest BCUT2D eigenvalue weighted by Gasteiger charge is 2.43. The average Bonchev–Trinajstić information content (AvgIpc) is 3.23. The first-order valence-corrected chi connectivity index (χ1v) is 11.1. The number of pyridine rings is 1. The number of nitrogens with zero attached hydrogens (tertiary/aromatic N) is 4. The van der Waals surface area contributed by atoms with Gasteiger partial charge in [-0.2, -0.15) is 0 Å². The molecule has 2 amide bonds. The first-order chi connectivity index (χ1) is 14.3. The summed E-state index contributed by atoms with van der Waals surface area (Å²) in [5.41, 5.74) is 6.73. The van der Waals surface area contributed by atoms with Crippen molar-refractivity contribution >= 4 is 45.6 Å². The normalized spacial score (nSPS) is 23.8. The Hall–Kier alpha value is -2.46. The number of hydrogen-bond donors (Lipinski definition) is 3. The van der Waals surface area contributed by atoms with Gasteiger partial charge < -0.3 is 21.3 Å². The monoisotopic (exact) mass is 449 g/mol. The highest BCUT2D eigenvalue weighted by Crippen LogP contribution is 2.41. The van der Waals surface area contributed by atoms with Gasteiger partial charge in [0.15, 0.2) is 5.01 Å². The van der Waals surface area contributed by atoms with E-state index in [9.17, 15) is 9.59 Å². The molecule has 0 unspecified atom stereocenters. The van der Waals surface area contributed by atoms with Crippen LogP contribution in [0.3, 0.4) is 0 Å². The maximum Gasteiger partial charge on any atom is 0.239 e. The molecule has 1 aliphatic carbocycles. The highest BCUT2D eigenvalue weighted by atomic mass is 35.5. The van der Waals surface area contributed by atoms with Crippen molar-refractivity contribution in [3.05, 3.63) is 17.4 Å². The summed E-state index contributed by atoms with van der Waals surface area (Å²) in [6.07, 6.45) is 3.84. The Morgan fingerprint density at radius 3 is 2.63 bits per heavy atom. The third-order valence-corrected chi connectivity index (χ3v) is 7.01. The Morgan fingerprint density at radius 1 is 1.30 bits per heavy atom. The minimum atomic E-state index is -0.571. The van der Waals surface area contributed by atoms with E-state index in [0.29, 0.717) is 33.2 Å². The first-order valence-electron chi connectivity index (χ1n) is 9.89. The SMILES string of the molecule is CC(=O)N[C@@H]1[C@@H]2CC[C@H]1CN(c1nnc(-c3cnc(Cl)cc3N[C@H](C)C(N)=O)s1)C2. The molecular weight excluding hydrogens is 426 g/mol. The van der Waals surface area contributed by atoms with Crippen LogP contribution in [0.2, 0.25) is 5.15 Å². The fourth-order valence-corrected chi connectivity index (χ4v) is 5.37. The Morgan fingerprint density at radius 2 is 2.00 bits per heavy atom. The molecule has 2 aromatic rings. The van der Waals surface area contributed by atoms with Crippen LogP contribution < -0.4 is 21.3 Å². The molecule has 1 aliphatic heterocycles. The van der Waals surface area contributed by atoms with Gasteiger partial charge in [-0.1, -0.05) is 22.9 Å². The van der Waals surface area contributed by atoms with Gasteiger partial charge in [0.25, 0.3) is 0 Å². The zero-order valence-electron chi connectivity index (χ0n) is 16.8. The van der Waals surface area contributed by atoms with Crippen molar-refractivity contribution in [1.29, 1.82) is 0 Å². The third kappa shape index (κ3) is 4.20. The van der Waals surface area contributed by atoms with Crippen LogP contribution >= 0.6 is 22.9 Å². The lowest BCUT2D eigenvalue weighted by Crippen LogP contribution is -2.52. The molecule has 3 heterocycles. The highest BCUT2D eigenvalue weighted by molar-refractivity contribution is 7.18. The predicted molar refractivity (Wildman–Crippen MR) is 116 cm³/mol.